The number of hydrogen-bond acceptors (Lipinski definition) is 4. The first-order valence-corrected chi connectivity index (χ1v) is 6.42. The van der Waals surface area contributed by atoms with Crippen LogP contribution in [0.4, 0.5) is 10.3 Å². The van der Waals surface area contributed by atoms with E-state index in [0.717, 1.165) is 0 Å². The van der Waals surface area contributed by atoms with E-state index < -0.39 is 11.4 Å². The first kappa shape index (κ1) is 12.8. The number of nitrogens with zero attached hydrogens (tertiary/aromatic N) is 3. The molecule has 0 spiro atoms. The van der Waals surface area contributed by atoms with Gasteiger partial charge in [0.15, 0.2) is 0 Å². The molecule has 0 aliphatic carbocycles. The summed E-state index contributed by atoms with van der Waals surface area (Å²) in [4.78, 5) is 20.3. The molecule has 2 aromatic rings. The van der Waals surface area contributed by atoms with E-state index in [1.807, 2.05) is 13.8 Å². The first-order chi connectivity index (χ1) is 9.48. The molecule has 0 amide bonds. The highest BCUT2D eigenvalue weighted by Gasteiger charge is 2.28. The normalized spacial score (nSPS) is 16.4. The summed E-state index contributed by atoms with van der Waals surface area (Å²) in [5.41, 5.74) is -0.133. The Labute approximate surface area is 115 Å². The van der Waals surface area contributed by atoms with Gasteiger partial charge in [0.1, 0.15) is 5.69 Å². The van der Waals surface area contributed by atoms with E-state index in [1.54, 1.807) is 24.5 Å². The molecular weight excluding hydrogens is 259 g/mol. The fourth-order valence-electron chi connectivity index (χ4n) is 2.32. The molecule has 2 aromatic heterocycles. The molecular formula is C14H15FN4O. The molecule has 1 aliphatic rings. The van der Waals surface area contributed by atoms with Gasteiger partial charge in [-0.15, -0.1) is 0 Å². The van der Waals surface area contributed by atoms with Gasteiger partial charge in [-0.3, -0.25) is 14.3 Å². The van der Waals surface area contributed by atoms with Gasteiger partial charge >= 0.3 is 0 Å². The summed E-state index contributed by atoms with van der Waals surface area (Å²) < 4.78 is 15.6. The summed E-state index contributed by atoms with van der Waals surface area (Å²) in [5.74, 6) is -0.401. The van der Waals surface area contributed by atoms with Crippen molar-refractivity contribution < 1.29 is 4.39 Å². The molecule has 0 bridgehead atoms. The van der Waals surface area contributed by atoms with Crippen LogP contribution in [0.3, 0.4) is 0 Å². The minimum absolute atomic E-state index is 0.0656. The van der Waals surface area contributed by atoms with Crippen LogP contribution in [0.2, 0.25) is 0 Å². The van der Waals surface area contributed by atoms with E-state index in [2.05, 4.69) is 15.3 Å². The monoisotopic (exact) mass is 274 g/mol. The van der Waals surface area contributed by atoms with Crippen molar-refractivity contribution >= 4 is 5.95 Å². The molecule has 3 heterocycles. The van der Waals surface area contributed by atoms with Crippen molar-refractivity contribution in [2.75, 3.05) is 11.9 Å². The van der Waals surface area contributed by atoms with Gasteiger partial charge in [0, 0.05) is 36.5 Å². The maximum Gasteiger partial charge on any atom is 0.291 e. The van der Waals surface area contributed by atoms with Gasteiger partial charge in [0.05, 0.1) is 0 Å². The third-order valence-corrected chi connectivity index (χ3v) is 3.38. The fourth-order valence-corrected chi connectivity index (χ4v) is 2.32. The molecule has 0 atom stereocenters. The van der Waals surface area contributed by atoms with Crippen molar-refractivity contribution in [3.8, 4) is 11.3 Å². The summed E-state index contributed by atoms with van der Waals surface area (Å²) in [7, 11) is 0. The van der Waals surface area contributed by atoms with Crippen molar-refractivity contribution in [2.24, 2.45) is 5.41 Å². The van der Waals surface area contributed by atoms with Crippen LogP contribution in [0.15, 0.2) is 29.3 Å². The van der Waals surface area contributed by atoms with Crippen molar-refractivity contribution in [3.63, 3.8) is 0 Å². The van der Waals surface area contributed by atoms with E-state index in [1.165, 1.54) is 4.57 Å². The number of rotatable bonds is 1. The molecule has 5 nitrogen and oxygen atoms in total. The summed E-state index contributed by atoms with van der Waals surface area (Å²) in [5, 5.41) is 3.10. The van der Waals surface area contributed by atoms with Crippen LogP contribution in [0.1, 0.15) is 13.8 Å². The second kappa shape index (κ2) is 4.40. The third-order valence-electron chi connectivity index (χ3n) is 3.38. The molecule has 104 valence electrons. The Morgan fingerprint density at radius 1 is 1.35 bits per heavy atom. The zero-order chi connectivity index (χ0) is 14.3. The maximum absolute atomic E-state index is 14.3. The quantitative estimate of drug-likeness (QED) is 0.862. The Morgan fingerprint density at radius 3 is 2.75 bits per heavy atom. The molecule has 20 heavy (non-hydrogen) atoms. The molecule has 0 saturated heterocycles. The topological polar surface area (TPSA) is 59.8 Å². The van der Waals surface area contributed by atoms with Crippen LogP contribution in [-0.4, -0.2) is 21.1 Å². The van der Waals surface area contributed by atoms with Crippen LogP contribution in [0.5, 0.6) is 0 Å². The number of fused-ring (bicyclic) bond motifs is 1. The molecule has 0 saturated carbocycles. The second-order valence-corrected chi connectivity index (χ2v) is 5.74. The molecule has 0 aromatic carbocycles. The van der Waals surface area contributed by atoms with E-state index in [4.69, 9.17) is 0 Å². The zero-order valence-electron chi connectivity index (χ0n) is 11.4. The van der Waals surface area contributed by atoms with Crippen LogP contribution in [-0.2, 0) is 6.54 Å². The van der Waals surface area contributed by atoms with E-state index in [9.17, 15) is 9.18 Å². The number of nitrogens with one attached hydrogen (secondary N) is 1. The van der Waals surface area contributed by atoms with Gasteiger partial charge in [-0.25, -0.2) is 4.98 Å². The van der Waals surface area contributed by atoms with E-state index >= 15 is 0 Å². The van der Waals surface area contributed by atoms with E-state index in [0.29, 0.717) is 24.6 Å². The molecule has 1 aliphatic heterocycles. The summed E-state index contributed by atoms with van der Waals surface area (Å²) in [6.07, 6.45) is 3.09. The van der Waals surface area contributed by atoms with E-state index in [-0.39, 0.29) is 11.1 Å². The maximum atomic E-state index is 14.3. The Bertz CT molecular complexity index is 709. The van der Waals surface area contributed by atoms with Crippen LogP contribution >= 0.6 is 0 Å². The van der Waals surface area contributed by atoms with Crippen LogP contribution in [0, 0.1) is 11.2 Å². The van der Waals surface area contributed by atoms with Gasteiger partial charge in [-0.2, -0.15) is 4.39 Å². The third kappa shape index (κ3) is 2.07. The lowest BCUT2D eigenvalue weighted by Gasteiger charge is -2.32. The number of hydrogen-bond donors (Lipinski definition) is 1. The Morgan fingerprint density at radius 2 is 2.05 bits per heavy atom. The average Bonchev–Trinajstić information content (AvgIpc) is 2.44. The average molecular weight is 274 g/mol. The van der Waals surface area contributed by atoms with Gasteiger partial charge in [-0.1, -0.05) is 13.8 Å². The van der Waals surface area contributed by atoms with Crippen molar-refractivity contribution in [1.29, 1.82) is 0 Å². The largest absolute Gasteiger partial charge is 0.355 e. The molecule has 0 radical (unpaired) electrons. The Kier molecular flexibility index (Phi) is 2.81. The number of pyridine rings is 1. The summed E-state index contributed by atoms with van der Waals surface area (Å²) in [6.45, 7) is 5.18. The lowest BCUT2D eigenvalue weighted by Crippen LogP contribution is -2.41. The van der Waals surface area contributed by atoms with Gasteiger partial charge in [0.2, 0.25) is 11.8 Å². The van der Waals surface area contributed by atoms with Crippen LogP contribution < -0.4 is 10.9 Å². The lowest BCUT2D eigenvalue weighted by atomic mass is 9.92. The molecule has 0 unspecified atom stereocenters. The highest BCUT2D eigenvalue weighted by atomic mass is 19.1. The van der Waals surface area contributed by atoms with Crippen molar-refractivity contribution in [1.82, 2.24) is 14.5 Å². The second-order valence-electron chi connectivity index (χ2n) is 5.74. The SMILES string of the molecule is CC1(C)CNc2nc(-c3ccncc3)c(F)c(=O)n2C1. The van der Waals surface area contributed by atoms with Crippen molar-refractivity contribution in [2.45, 2.75) is 20.4 Å². The predicted octanol–water partition coefficient (Wildman–Crippen LogP) is 1.90. The zero-order valence-corrected chi connectivity index (χ0v) is 11.4. The smallest absolute Gasteiger partial charge is 0.291 e. The molecule has 6 heteroatoms. The highest BCUT2D eigenvalue weighted by Crippen LogP contribution is 2.26. The fraction of sp³-hybridized carbons (Fsp3) is 0.357. The minimum atomic E-state index is -0.820. The number of aromatic nitrogens is 3. The molecule has 3 rings (SSSR count). The van der Waals surface area contributed by atoms with Gasteiger partial charge in [-0.05, 0) is 12.1 Å². The minimum Gasteiger partial charge on any atom is -0.355 e. The first-order valence-electron chi connectivity index (χ1n) is 6.42. The van der Waals surface area contributed by atoms with Crippen molar-refractivity contribution in [3.05, 3.63) is 40.7 Å². The standard InChI is InChI=1S/C14H15FN4O/c1-14(2)7-17-13-18-11(9-3-5-16-6-4-9)10(15)12(20)19(13)8-14/h3-6H,7-8H2,1-2H3,(H,17,18). The predicted molar refractivity (Wildman–Crippen MR) is 74.0 cm³/mol. The molecule has 0 fully saturated rings. The Balaban J connectivity index is 2.18. The number of anilines is 1. The lowest BCUT2D eigenvalue weighted by molar-refractivity contribution is 0.299. The summed E-state index contributed by atoms with van der Waals surface area (Å²) >= 11 is 0. The summed E-state index contributed by atoms with van der Waals surface area (Å²) in [6, 6.07) is 3.27. The highest BCUT2D eigenvalue weighted by molar-refractivity contribution is 5.60. The van der Waals surface area contributed by atoms with Gasteiger partial charge in [0.25, 0.3) is 5.56 Å². The number of halogens is 1. The van der Waals surface area contributed by atoms with Crippen LogP contribution in [0.25, 0.3) is 11.3 Å². The Hall–Kier alpha value is -2.24. The molecule has 1 N–H and O–H groups in total. The van der Waals surface area contributed by atoms with Gasteiger partial charge < -0.3 is 5.32 Å².